The number of nitrogens with two attached hydrogens (primary N) is 1. The number of nitrogen functional groups attached to an aromatic ring is 1. The van der Waals surface area contributed by atoms with Gasteiger partial charge in [0.15, 0.2) is 11.6 Å². The van der Waals surface area contributed by atoms with Gasteiger partial charge in [-0.05, 0) is 12.5 Å². The Bertz CT molecular complexity index is 498. The molecule has 0 fully saturated rings. The molecule has 5 nitrogen and oxygen atoms in total. The first-order valence-electron chi connectivity index (χ1n) is 5.93. The van der Waals surface area contributed by atoms with Gasteiger partial charge in [-0.1, -0.05) is 30.3 Å². The van der Waals surface area contributed by atoms with Crippen molar-refractivity contribution in [1.29, 1.82) is 0 Å². The van der Waals surface area contributed by atoms with E-state index in [1.165, 1.54) is 11.9 Å². The molecule has 94 valence electrons. The van der Waals surface area contributed by atoms with Crippen molar-refractivity contribution >= 4 is 17.3 Å². The summed E-state index contributed by atoms with van der Waals surface area (Å²) in [7, 11) is 0. The molecule has 0 atom stereocenters. The normalized spacial score (nSPS) is 10.1. The van der Waals surface area contributed by atoms with E-state index in [9.17, 15) is 0 Å². The molecule has 5 heteroatoms. The average molecular weight is 243 g/mol. The highest BCUT2D eigenvalue weighted by atomic mass is 15.1. The van der Waals surface area contributed by atoms with Crippen LogP contribution in [0, 0.1) is 0 Å². The highest BCUT2D eigenvalue weighted by molar-refractivity contribution is 5.73. The van der Waals surface area contributed by atoms with E-state index in [1.54, 1.807) is 0 Å². The molecule has 0 radical (unpaired) electrons. The summed E-state index contributed by atoms with van der Waals surface area (Å²) in [6, 6.07) is 10.1. The fraction of sp³-hybridized carbons (Fsp3) is 0.231. The zero-order valence-corrected chi connectivity index (χ0v) is 10.4. The van der Waals surface area contributed by atoms with Crippen LogP contribution in [0.25, 0.3) is 0 Å². The van der Waals surface area contributed by atoms with E-state index in [0.29, 0.717) is 23.9 Å². The largest absolute Gasteiger partial charge is 0.393 e. The monoisotopic (exact) mass is 243 g/mol. The molecule has 0 bridgehead atoms. The van der Waals surface area contributed by atoms with Gasteiger partial charge in [0.1, 0.15) is 12.0 Å². The molecule has 0 saturated carbocycles. The van der Waals surface area contributed by atoms with E-state index in [-0.39, 0.29) is 0 Å². The van der Waals surface area contributed by atoms with Crippen LogP contribution in [0.1, 0.15) is 12.5 Å². The Morgan fingerprint density at radius 3 is 2.39 bits per heavy atom. The lowest BCUT2D eigenvalue weighted by Gasteiger charge is -2.11. The van der Waals surface area contributed by atoms with Crippen molar-refractivity contribution in [1.82, 2.24) is 9.97 Å². The van der Waals surface area contributed by atoms with E-state index >= 15 is 0 Å². The van der Waals surface area contributed by atoms with E-state index < -0.39 is 0 Å². The summed E-state index contributed by atoms with van der Waals surface area (Å²) in [6.07, 6.45) is 1.50. The molecule has 18 heavy (non-hydrogen) atoms. The third-order valence-electron chi connectivity index (χ3n) is 2.53. The summed E-state index contributed by atoms with van der Waals surface area (Å²) >= 11 is 0. The summed E-state index contributed by atoms with van der Waals surface area (Å²) in [4.78, 5) is 8.25. The molecular weight excluding hydrogens is 226 g/mol. The van der Waals surface area contributed by atoms with Gasteiger partial charge >= 0.3 is 0 Å². The van der Waals surface area contributed by atoms with Crippen LogP contribution in [0.5, 0.6) is 0 Å². The molecule has 0 unspecified atom stereocenters. The number of nitrogens with zero attached hydrogens (tertiary/aromatic N) is 2. The molecule has 2 aromatic rings. The number of hydrogen-bond donors (Lipinski definition) is 3. The third kappa shape index (κ3) is 2.88. The Labute approximate surface area is 106 Å². The lowest BCUT2D eigenvalue weighted by Crippen LogP contribution is -2.09. The molecule has 0 aliphatic rings. The van der Waals surface area contributed by atoms with Crippen LogP contribution < -0.4 is 16.4 Å². The molecule has 1 aromatic heterocycles. The SMILES string of the molecule is CCNc1ncnc(NCc2ccccc2)c1N. The van der Waals surface area contributed by atoms with Gasteiger partial charge in [-0.2, -0.15) is 0 Å². The maximum absolute atomic E-state index is 5.98. The van der Waals surface area contributed by atoms with Gasteiger partial charge in [0.2, 0.25) is 0 Å². The second-order valence-corrected chi connectivity index (χ2v) is 3.85. The quantitative estimate of drug-likeness (QED) is 0.749. The van der Waals surface area contributed by atoms with Crippen LogP contribution in [-0.4, -0.2) is 16.5 Å². The van der Waals surface area contributed by atoms with Gasteiger partial charge in [0.25, 0.3) is 0 Å². The first kappa shape index (κ1) is 12.2. The lowest BCUT2D eigenvalue weighted by atomic mass is 10.2. The summed E-state index contributed by atoms with van der Waals surface area (Å²) in [5.41, 5.74) is 7.72. The van der Waals surface area contributed by atoms with Crippen LogP contribution in [0.15, 0.2) is 36.7 Å². The van der Waals surface area contributed by atoms with Crippen molar-refractivity contribution < 1.29 is 0 Å². The summed E-state index contributed by atoms with van der Waals surface area (Å²) in [5.74, 6) is 1.33. The van der Waals surface area contributed by atoms with Crippen molar-refractivity contribution in [2.75, 3.05) is 22.9 Å². The standard InChI is InChI=1S/C13H17N5/c1-2-15-12-11(14)13(18-9-17-12)16-8-10-6-4-3-5-7-10/h3-7,9H,2,8,14H2,1H3,(H2,15,16,17,18). The highest BCUT2D eigenvalue weighted by Crippen LogP contribution is 2.22. The summed E-state index contributed by atoms with van der Waals surface area (Å²) in [6.45, 7) is 3.46. The van der Waals surface area contributed by atoms with Crippen molar-refractivity contribution in [3.63, 3.8) is 0 Å². The van der Waals surface area contributed by atoms with Gasteiger partial charge in [-0.25, -0.2) is 9.97 Å². The topological polar surface area (TPSA) is 75.9 Å². The predicted molar refractivity (Wildman–Crippen MR) is 74.4 cm³/mol. The third-order valence-corrected chi connectivity index (χ3v) is 2.53. The minimum absolute atomic E-state index is 0.551. The fourth-order valence-corrected chi connectivity index (χ4v) is 1.63. The van der Waals surface area contributed by atoms with Gasteiger partial charge in [0, 0.05) is 13.1 Å². The maximum atomic E-state index is 5.98. The Kier molecular flexibility index (Phi) is 3.96. The summed E-state index contributed by atoms with van der Waals surface area (Å²) < 4.78 is 0. The van der Waals surface area contributed by atoms with Crippen molar-refractivity contribution in [3.8, 4) is 0 Å². The van der Waals surface area contributed by atoms with E-state index in [2.05, 4.69) is 32.7 Å². The Hall–Kier alpha value is -2.30. The first-order valence-corrected chi connectivity index (χ1v) is 5.93. The lowest BCUT2D eigenvalue weighted by molar-refractivity contribution is 1.07. The zero-order chi connectivity index (χ0) is 12.8. The second kappa shape index (κ2) is 5.86. The Balaban J connectivity index is 2.08. The Morgan fingerprint density at radius 2 is 1.72 bits per heavy atom. The zero-order valence-electron chi connectivity index (χ0n) is 10.4. The van der Waals surface area contributed by atoms with E-state index in [4.69, 9.17) is 5.73 Å². The first-order chi connectivity index (χ1) is 8.81. The highest BCUT2D eigenvalue weighted by Gasteiger charge is 2.06. The molecule has 4 N–H and O–H groups in total. The molecule has 0 aliphatic carbocycles. The number of benzene rings is 1. The molecular formula is C13H17N5. The van der Waals surface area contributed by atoms with E-state index in [1.807, 2.05) is 25.1 Å². The summed E-state index contributed by atoms with van der Waals surface area (Å²) in [5, 5.41) is 6.31. The number of anilines is 3. The van der Waals surface area contributed by atoms with Gasteiger partial charge in [0.05, 0.1) is 0 Å². The smallest absolute Gasteiger partial charge is 0.155 e. The number of rotatable bonds is 5. The van der Waals surface area contributed by atoms with Gasteiger partial charge in [-0.3, -0.25) is 0 Å². The van der Waals surface area contributed by atoms with Gasteiger partial charge < -0.3 is 16.4 Å². The fourth-order valence-electron chi connectivity index (χ4n) is 1.63. The maximum Gasteiger partial charge on any atom is 0.155 e. The average Bonchev–Trinajstić information content (AvgIpc) is 2.41. The molecule has 1 heterocycles. The van der Waals surface area contributed by atoms with Crippen molar-refractivity contribution in [3.05, 3.63) is 42.2 Å². The second-order valence-electron chi connectivity index (χ2n) is 3.85. The van der Waals surface area contributed by atoms with E-state index in [0.717, 1.165) is 6.54 Å². The Morgan fingerprint density at radius 1 is 1.06 bits per heavy atom. The van der Waals surface area contributed by atoms with Crippen molar-refractivity contribution in [2.45, 2.75) is 13.5 Å². The number of hydrogen-bond acceptors (Lipinski definition) is 5. The molecule has 2 rings (SSSR count). The van der Waals surface area contributed by atoms with Crippen LogP contribution >= 0.6 is 0 Å². The van der Waals surface area contributed by atoms with Crippen LogP contribution in [0.2, 0.25) is 0 Å². The minimum Gasteiger partial charge on any atom is -0.393 e. The molecule has 0 amide bonds. The van der Waals surface area contributed by atoms with Crippen molar-refractivity contribution in [2.24, 2.45) is 0 Å². The van der Waals surface area contributed by atoms with Crippen LogP contribution in [-0.2, 0) is 6.54 Å². The minimum atomic E-state index is 0.551. The molecule has 0 aliphatic heterocycles. The number of aromatic nitrogens is 2. The predicted octanol–water partition coefficient (Wildman–Crippen LogP) is 2.10. The molecule has 0 saturated heterocycles. The molecule has 0 spiro atoms. The number of nitrogens with one attached hydrogen (secondary N) is 2. The molecule has 1 aromatic carbocycles. The van der Waals surface area contributed by atoms with Crippen LogP contribution in [0.3, 0.4) is 0 Å². The van der Waals surface area contributed by atoms with Gasteiger partial charge in [-0.15, -0.1) is 0 Å². The van der Waals surface area contributed by atoms with Crippen LogP contribution in [0.4, 0.5) is 17.3 Å².